The van der Waals surface area contributed by atoms with Gasteiger partial charge in [0.15, 0.2) is 0 Å². The van der Waals surface area contributed by atoms with E-state index in [0.29, 0.717) is 30.2 Å². The van der Waals surface area contributed by atoms with Gasteiger partial charge in [0.2, 0.25) is 5.91 Å². The molecule has 0 radical (unpaired) electrons. The molecule has 2 aliphatic carbocycles. The van der Waals surface area contributed by atoms with E-state index in [9.17, 15) is 4.79 Å². The Morgan fingerprint density at radius 3 is 2.76 bits per heavy atom. The van der Waals surface area contributed by atoms with Gasteiger partial charge in [-0.2, -0.15) is 0 Å². The summed E-state index contributed by atoms with van der Waals surface area (Å²) in [6.45, 7) is 2.54. The summed E-state index contributed by atoms with van der Waals surface area (Å²) in [7, 11) is 0. The topological polar surface area (TPSA) is 38.1 Å². The predicted molar refractivity (Wildman–Crippen MR) is 95.8 cm³/mol. The largest absolute Gasteiger partial charge is 0.336 e. The van der Waals surface area contributed by atoms with Gasteiger partial charge in [-0.05, 0) is 36.7 Å². The number of amides is 1. The molecular weight excluding hydrogens is 310 g/mol. The minimum atomic E-state index is 0.343. The van der Waals surface area contributed by atoms with Crippen LogP contribution in [0.5, 0.6) is 0 Å². The van der Waals surface area contributed by atoms with E-state index in [1.165, 1.54) is 30.5 Å². The second-order valence-corrected chi connectivity index (χ2v) is 7.86. The van der Waals surface area contributed by atoms with Crippen molar-refractivity contribution in [2.24, 2.45) is 17.8 Å². The number of fused-ring (bicyclic) bond motifs is 2. The van der Waals surface area contributed by atoms with E-state index < -0.39 is 0 Å². The number of carbonyl (C=O) groups is 1. The number of benzene rings is 1. The monoisotopic (exact) mass is 335 g/mol. The van der Waals surface area contributed by atoms with Crippen LogP contribution in [-0.2, 0) is 30.7 Å². The first kappa shape index (κ1) is 15.2. The molecule has 1 aromatic heterocycles. The van der Waals surface area contributed by atoms with Crippen LogP contribution in [-0.4, -0.2) is 26.9 Å². The van der Waals surface area contributed by atoms with Gasteiger partial charge in [0.25, 0.3) is 0 Å². The molecule has 2 saturated carbocycles. The first-order chi connectivity index (χ1) is 12.3. The molecule has 0 bridgehead atoms. The van der Waals surface area contributed by atoms with Crippen LogP contribution < -0.4 is 0 Å². The summed E-state index contributed by atoms with van der Waals surface area (Å²) < 4.78 is 2.29. The maximum Gasteiger partial charge on any atom is 0.226 e. The molecule has 1 aliphatic heterocycles. The third-order valence-corrected chi connectivity index (χ3v) is 6.48. The Hall–Kier alpha value is -2.10. The van der Waals surface area contributed by atoms with Crippen LogP contribution in [0.3, 0.4) is 0 Å². The normalized spacial score (nSPS) is 27.0. The summed E-state index contributed by atoms with van der Waals surface area (Å²) in [5, 5.41) is 0. The minimum Gasteiger partial charge on any atom is -0.336 e. The van der Waals surface area contributed by atoms with Gasteiger partial charge < -0.3 is 9.47 Å². The lowest BCUT2D eigenvalue weighted by Crippen LogP contribution is -2.38. The number of hydrogen-bond donors (Lipinski definition) is 0. The van der Waals surface area contributed by atoms with Crippen LogP contribution in [0.25, 0.3) is 0 Å². The average molecular weight is 335 g/mol. The zero-order valence-corrected chi connectivity index (χ0v) is 14.6. The predicted octanol–water partition coefficient (Wildman–Crippen LogP) is 3.06. The van der Waals surface area contributed by atoms with E-state index in [0.717, 1.165) is 31.6 Å². The van der Waals surface area contributed by atoms with Crippen LogP contribution >= 0.6 is 0 Å². The van der Waals surface area contributed by atoms with Gasteiger partial charge in [0, 0.05) is 31.1 Å². The van der Waals surface area contributed by atoms with Crippen LogP contribution in [0.2, 0.25) is 0 Å². The highest BCUT2D eigenvalue weighted by molar-refractivity contribution is 5.82. The molecule has 3 aliphatic rings. The van der Waals surface area contributed by atoms with E-state index >= 15 is 0 Å². The number of nitrogens with zero attached hydrogens (tertiary/aromatic N) is 3. The Morgan fingerprint density at radius 1 is 1.16 bits per heavy atom. The molecular formula is C21H25N3O. The molecule has 1 aromatic carbocycles. The van der Waals surface area contributed by atoms with E-state index in [-0.39, 0.29) is 0 Å². The van der Waals surface area contributed by atoms with Crippen LogP contribution in [0.15, 0.2) is 36.7 Å². The van der Waals surface area contributed by atoms with Gasteiger partial charge in [-0.25, -0.2) is 4.98 Å². The standard InChI is InChI=1S/C21H25N3O/c25-21(20-16-7-4-8-17(16)20)23-12-10-19-18(13-23)22-14-24(19)11-9-15-5-2-1-3-6-15/h1-3,5-6,14,16-17,20H,4,7-13H2/t16-,17-/m1/s1. The van der Waals surface area contributed by atoms with Crippen molar-refractivity contribution >= 4 is 5.91 Å². The van der Waals surface area contributed by atoms with Crippen molar-refractivity contribution in [3.63, 3.8) is 0 Å². The quantitative estimate of drug-likeness (QED) is 0.861. The number of aromatic nitrogens is 2. The Labute approximate surface area is 148 Å². The van der Waals surface area contributed by atoms with E-state index in [1.54, 1.807) is 0 Å². The molecule has 0 spiro atoms. The zero-order valence-electron chi connectivity index (χ0n) is 14.6. The van der Waals surface area contributed by atoms with Crippen molar-refractivity contribution < 1.29 is 4.79 Å². The fourth-order valence-electron chi connectivity index (χ4n) is 5.04. The van der Waals surface area contributed by atoms with Gasteiger partial charge >= 0.3 is 0 Å². The number of hydrogen-bond acceptors (Lipinski definition) is 2. The van der Waals surface area contributed by atoms with Crippen LogP contribution in [0.1, 0.15) is 36.2 Å². The maximum atomic E-state index is 12.8. The number of imidazole rings is 1. The van der Waals surface area contributed by atoms with Gasteiger partial charge in [-0.1, -0.05) is 36.8 Å². The van der Waals surface area contributed by atoms with Crippen molar-refractivity contribution in [3.8, 4) is 0 Å². The first-order valence-electron chi connectivity index (χ1n) is 9.67. The fourth-order valence-corrected chi connectivity index (χ4v) is 5.04. The van der Waals surface area contributed by atoms with Crippen LogP contribution in [0.4, 0.5) is 0 Å². The zero-order chi connectivity index (χ0) is 16.8. The summed E-state index contributed by atoms with van der Waals surface area (Å²) in [6, 6.07) is 10.6. The molecule has 4 heteroatoms. The summed E-state index contributed by atoms with van der Waals surface area (Å²) in [4.78, 5) is 19.5. The molecule has 130 valence electrons. The molecule has 2 atom stereocenters. The van der Waals surface area contributed by atoms with Crippen molar-refractivity contribution in [1.82, 2.24) is 14.5 Å². The molecule has 4 nitrogen and oxygen atoms in total. The van der Waals surface area contributed by atoms with E-state index in [1.807, 2.05) is 6.33 Å². The van der Waals surface area contributed by atoms with Crippen molar-refractivity contribution in [2.45, 2.75) is 45.2 Å². The number of aryl methyl sites for hydroxylation is 2. The summed E-state index contributed by atoms with van der Waals surface area (Å²) >= 11 is 0. The Morgan fingerprint density at radius 2 is 1.96 bits per heavy atom. The third kappa shape index (κ3) is 2.68. The third-order valence-electron chi connectivity index (χ3n) is 6.48. The first-order valence-corrected chi connectivity index (χ1v) is 9.67. The molecule has 0 unspecified atom stereocenters. The number of carbonyl (C=O) groups excluding carboxylic acids is 1. The van der Waals surface area contributed by atoms with Gasteiger partial charge in [-0.3, -0.25) is 4.79 Å². The Balaban J connectivity index is 1.24. The highest BCUT2D eigenvalue weighted by Gasteiger charge is 2.57. The average Bonchev–Trinajstić information content (AvgIpc) is 3.00. The van der Waals surface area contributed by atoms with E-state index in [2.05, 4.69) is 44.8 Å². The number of rotatable bonds is 4. The lowest BCUT2D eigenvalue weighted by molar-refractivity contribution is -0.134. The molecule has 5 rings (SSSR count). The van der Waals surface area contributed by atoms with Crippen molar-refractivity contribution in [2.75, 3.05) is 6.54 Å². The lowest BCUT2D eigenvalue weighted by atomic mass is 10.1. The molecule has 1 amide bonds. The van der Waals surface area contributed by atoms with Crippen molar-refractivity contribution in [1.29, 1.82) is 0 Å². The van der Waals surface area contributed by atoms with Gasteiger partial charge in [0.05, 0.1) is 18.6 Å². The second-order valence-electron chi connectivity index (χ2n) is 7.86. The highest BCUT2D eigenvalue weighted by Crippen LogP contribution is 2.58. The molecule has 2 heterocycles. The summed E-state index contributed by atoms with van der Waals surface area (Å²) in [6.07, 6.45) is 7.81. The smallest absolute Gasteiger partial charge is 0.226 e. The summed E-state index contributed by atoms with van der Waals surface area (Å²) in [5.41, 5.74) is 3.80. The van der Waals surface area contributed by atoms with Crippen molar-refractivity contribution in [3.05, 3.63) is 53.6 Å². The highest BCUT2D eigenvalue weighted by atomic mass is 16.2. The molecule has 2 aromatic rings. The second kappa shape index (κ2) is 6.01. The maximum absolute atomic E-state index is 12.8. The van der Waals surface area contributed by atoms with Gasteiger partial charge in [-0.15, -0.1) is 0 Å². The van der Waals surface area contributed by atoms with Crippen LogP contribution in [0, 0.1) is 17.8 Å². The van der Waals surface area contributed by atoms with E-state index in [4.69, 9.17) is 0 Å². The fraction of sp³-hybridized carbons (Fsp3) is 0.524. The minimum absolute atomic E-state index is 0.343. The Kier molecular flexibility index (Phi) is 3.65. The SMILES string of the molecule is O=C(C1[C@@H]2CCC[C@@H]12)N1CCc2c(ncn2CCc2ccccc2)C1. The summed E-state index contributed by atoms with van der Waals surface area (Å²) in [5.74, 6) is 2.16. The lowest BCUT2D eigenvalue weighted by Gasteiger charge is -2.28. The molecule has 25 heavy (non-hydrogen) atoms. The Bertz CT molecular complexity index is 772. The van der Waals surface area contributed by atoms with Gasteiger partial charge in [0.1, 0.15) is 0 Å². The molecule has 2 fully saturated rings. The molecule has 0 saturated heterocycles. The molecule has 0 N–H and O–H groups in total.